The van der Waals surface area contributed by atoms with Crippen LogP contribution in [0.2, 0.25) is 10.0 Å². The van der Waals surface area contributed by atoms with Gasteiger partial charge in [0.05, 0.1) is 6.54 Å². The molecule has 0 aliphatic heterocycles. The lowest BCUT2D eigenvalue weighted by atomic mass is 10.1. The molecule has 2 aromatic rings. The number of anilines is 1. The molecule has 0 aliphatic carbocycles. The number of nitrogen functional groups attached to an aromatic ring is 1. The van der Waals surface area contributed by atoms with E-state index in [0.717, 1.165) is 0 Å². The third kappa shape index (κ3) is 4.37. The second kappa shape index (κ2) is 7.35. The van der Waals surface area contributed by atoms with Gasteiger partial charge in [0.1, 0.15) is 6.54 Å². The molecule has 3 N–H and O–H groups in total. The summed E-state index contributed by atoms with van der Waals surface area (Å²) >= 11 is 11.9. The number of hydrogen-bond donors (Lipinski definition) is 2. The van der Waals surface area contributed by atoms with E-state index < -0.39 is 18.4 Å². The first-order valence-corrected chi connectivity index (χ1v) is 7.43. The molecule has 23 heavy (non-hydrogen) atoms. The maximum absolute atomic E-state index is 12.6. The van der Waals surface area contributed by atoms with Crippen LogP contribution in [0.25, 0.3) is 0 Å². The van der Waals surface area contributed by atoms with Crippen LogP contribution in [0.5, 0.6) is 0 Å². The Labute approximate surface area is 143 Å². The lowest BCUT2D eigenvalue weighted by molar-refractivity contribution is -0.137. The van der Waals surface area contributed by atoms with Crippen LogP contribution < -0.4 is 5.73 Å². The summed E-state index contributed by atoms with van der Waals surface area (Å²) in [4.78, 5) is 24.8. The van der Waals surface area contributed by atoms with Gasteiger partial charge in [-0.2, -0.15) is 0 Å². The van der Waals surface area contributed by atoms with Crippen LogP contribution in [-0.2, 0) is 11.3 Å². The molecule has 7 heteroatoms. The van der Waals surface area contributed by atoms with Gasteiger partial charge in [-0.05, 0) is 36.4 Å². The Hall–Kier alpha value is -2.24. The first kappa shape index (κ1) is 17.1. The molecular weight excluding hydrogens is 339 g/mol. The number of nitrogens with two attached hydrogens (primary N) is 1. The lowest BCUT2D eigenvalue weighted by Crippen LogP contribution is -2.35. The van der Waals surface area contributed by atoms with Gasteiger partial charge in [-0.15, -0.1) is 0 Å². The molecule has 0 aliphatic rings. The largest absolute Gasteiger partial charge is 0.480 e. The normalized spacial score (nSPS) is 10.3. The van der Waals surface area contributed by atoms with Crippen molar-refractivity contribution in [3.63, 3.8) is 0 Å². The van der Waals surface area contributed by atoms with Gasteiger partial charge in [-0.25, -0.2) is 0 Å². The molecule has 5 nitrogen and oxygen atoms in total. The summed E-state index contributed by atoms with van der Waals surface area (Å²) in [7, 11) is 0. The Kier molecular flexibility index (Phi) is 5.47. The van der Waals surface area contributed by atoms with E-state index in [1.54, 1.807) is 30.3 Å². The van der Waals surface area contributed by atoms with Gasteiger partial charge in [0.25, 0.3) is 5.91 Å². The molecule has 0 radical (unpaired) electrons. The molecule has 0 atom stereocenters. The number of hydrogen-bond acceptors (Lipinski definition) is 3. The third-order valence-electron chi connectivity index (χ3n) is 3.21. The lowest BCUT2D eigenvalue weighted by Gasteiger charge is -2.22. The molecule has 0 aromatic heterocycles. The quantitative estimate of drug-likeness (QED) is 0.808. The average molecular weight is 353 g/mol. The van der Waals surface area contributed by atoms with E-state index in [2.05, 4.69) is 0 Å². The van der Waals surface area contributed by atoms with E-state index >= 15 is 0 Å². The number of carboxylic acid groups (broad SMARTS) is 1. The molecule has 0 saturated carbocycles. The van der Waals surface area contributed by atoms with Crippen LogP contribution in [0.1, 0.15) is 15.9 Å². The minimum atomic E-state index is -1.13. The molecule has 0 unspecified atom stereocenters. The maximum atomic E-state index is 12.6. The molecule has 0 fully saturated rings. The number of amides is 1. The molecule has 0 spiro atoms. The Morgan fingerprint density at radius 3 is 2.30 bits per heavy atom. The number of aliphatic carboxylic acids is 1. The minimum absolute atomic E-state index is 0.000728. The Morgan fingerprint density at radius 1 is 1.09 bits per heavy atom. The SMILES string of the molecule is Nc1cccc(Cl)c1CN(CC(=O)O)C(=O)c1ccc(Cl)cc1. The van der Waals surface area contributed by atoms with Crippen molar-refractivity contribution in [2.24, 2.45) is 0 Å². The van der Waals surface area contributed by atoms with Crippen LogP contribution in [0, 0.1) is 0 Å². The highest BCUT2D eigenvalue weighted by Gasteiger charge is 2.21. The number of carboxylic acids is 1. The van der Waals surface area contributed by atoms with E-state index in [0.29, 0.717) is 26.9 Å². The van der Waals surface area contributed by atoms with Gasteiger partial charge in [0, 0.05) is 26.9 Å². The van der Waals surface area contributed by atoms with Crippen molar-refractivity contribution in [1.82, 2.24) is 4.90 Å². The third-order valence-corrected chi connectivity index (χ3v) is 3.81. The summed E-state index contributed by atoms with van der Waals surface area (Å²) in [6.07, 6.45) is 0. The second-order valence-corrected chi connectivity index (χ2v) is 5.71. The van der Waals surface area contributed by atoms with Gasteiger partial charge >= 0.3 is 5.97 Å². The van der Waals surface area contributed by atoms with Crippen molar-refractivity contribution in [3.8, 4) is 0 Å². The van der Waals surface area contributed by atoms with Gasteiger partial charge in [-0.1, -0.05) is 29.3 Å². The number of benzene rings is 2. The molecular formula is C16H14Cl2N2O3. The molecule has 1 amide bonds. The van der Waals surface area contributed by atoms with E-state index in [1.807, 2.05) is 0 Å². The van der Waals surface area contributed by atoms with Crippen molar-refractivity contribution < 1.29 is 14.7 Å². The highest BCUT2D eigenvalue weighted by atomic mass is 35.5. The standard InChI is InChI=1S/C16H14Cl2N2O3/c17-11-6-4-10(5-7-11)16(23)20(9-15(21)22)8-12-13(18)2-1-3-14(12)19/h1-7H,8-9,19H2,(H,21,22). The molecule has 0 saturated heterocycles. The van der Waals surface area contributed by atoms with Gasteiger partial charge in [-0.3, -0.25) is 9.59 Å². The van der Waals surface area contributed by atoms with Crippen LogP contribution in [0.3, 0.4) is 0 Å². The molecule has 2 aromatic carbocycles. The van der Waals surface area contributed by atoms with Crippen LogP contribution in [0.15, 0.2) is 42.5 Å². The first-order chi connectivity index (χ1) is 10.9. The monoisotopic (exact) mass is 352 g/mol. The summed E-state index contributed by atoms with van der Waals surface area (Å²) in [6.45, 7) is -0.467. The fourth-order valence-corrected chi connectivity index (χ4v) is 2.44. The number of halogens is 2. The number of carbonyl (C=O) groups is 2. The van der Waals surface area contributed by atoms with Crippen LogP contribution in [0.4, 0.5) is 5.69 Å². The van der Waals surface area contributed by atoms with E-state index in [9.17, 15) is 9.59 Å². The summed E-state index contributed by atoms with van der Waals surface area (Å²) < 4.78 is 0. The Bertz CT molecular complexity index is 712. The van der Waals surface area contributed by atoms with E-state index in [-0.39, 0.29) is 6.54 Å². The molecule has 120 valence electrons. The van der Waals surface area contributed by atoms with Crippen molar-refractivity contribution >= 4 is 40.8 Å². The van der Waals surface area contributed by atoms with Crippen molar-refractivity contribution in [1.29, 1.82) is 0 Å². The van der Waals surface area contributed by atoms with Crippen LogP contribution in [-0.4, -0.2) is 28.4 Å². The zero-order chi connectivity index (χ0) is 17.0. The average Bonchev–Trinajstić information content (AvgIpc) is 2.49. The summed E-state index contributed by atoms with van der Waals surface area (Å²) in [5, 5.41) is 9.93. The smallest absolute Gasteiger partial charge is 0.323 e. The number of nitrogens with zero attached hydrogens (tertiary/aromatic N) is 1. The highest BCUT2D eigenvalue weighted by Crippen LogP contribution is 2.24. The summed E-state index contributed by atoms with van der Waals surface area (Å²) in [5.41, 5.74) is 7.12. The highest BCUT2D eigenvalue weighted by molar-refractivity contribution is 6.31. The summed E-state index contributed by atoms with van der Waals surface area (Å²) in [5.74, 6) is -1.57. The van der Waals surface area contributed by atoms with Gasteiger partial charge in [0.15, 0.2) is 0 Å². The Morgan fingerprint density at radius 2 is 1.74 bits per heavy atom. The van der Waals surface area contributed by atoms with Gasteiger partial charge in [0.2, 0.25) is 0 Å². The van der Waals surface area contributed by atoms with Crippen LogP contribution >= 0.6 is 23.2 Å². The van der Waals surface area contributed by atoms with E-state index in [1.165, 1.54) is 17.0 Å². The zero-order valence-electron chi connectivity index (χ0n) is 12.0. The maximum Gasteiger partial charge on any atom is 0.323 e. The molecule has 0 heterocycles. The van der Waals surface area contributed by atoms with E-state index in [4.69, 9.17) is 34.0 Å². The topological polar surface area (TPSA) is 83.6 Å². The number of carbonyl (C=O) groups excluding carboxylic acids is 1. The predicted octanol–water partition coefficient (Wildman–Crippen LogP) is 3.30. The predicted molar refractivity (Wildman–Crippen MR) is 89.7 cm³/mol. The first-order valence-electron chi connectivity index (χ1n) is 6.68. The van der Waals surface area contributed by atoms with Crippen molar-refractivity contribution in [3.05, 3.63) is 63.6 Å². The fourth-order valence-electron chi connectivity index (χ4n) is 2.07. The number of rotatable bonds is 5. The Balaban J connectivity index is 2.31. The minimum Gasteiger partial charge on any atom is -0.480 e. The van der Waals surface area contributed by atoms with Gasteiger partial charge < -0.3 is 15.7 Å². The zero-order valence-corrected chi connectivity index (χ0v) is 13.5. The fraction of sp³-hybridized carbons (Fsp3) is 0.125. The summed E-state index contributed by atoms with van der Waals surface area (Å²) in [6, 6.07) is 11.2. The van der Waals surface area contributed by atoms with Crippen molar-refractivity contribution in [2.75, 3.05) is 12.3 Å². The second-order valence-electron chi connectivity index (χ2n) is 4.87. The van der Waals surface area contributed by atoms with Crippen molar-refractivity contribution in [2.45, 2.75) is 6.54 Å². The molecule has 2 rings (SSSR count). The molecule has 0 bridgehead atoms.